The number of aryl methyl sites for hydroxylation is 1. The highest BCUT2D eigenvalue weighted by atomic mass is 127. The molecule has 156 valence electrons. The highest BCUT2D eigenvalue weighted by molar-refractivity contribution is 14.0. The van der Waals surface area contributed by atoms with Crippen molar-refractivity contribution in [1.29, 1.82) is 0 Å². The Balaban J connectivity index is 0.00000300. The van der Waals surface area contributed by atoms with Gasteiger partial charge in [-0.1, -0.05) is 36.4 Å². The molecule has 1 aliphatic heterocycles. The zero-order chi connectivity index (χ0) is 19.8. The molecule has 1 heterocycles. The van der Waals surface area contributed by atoms with Gasteiger partial charge in [-0.05, 0) is 43.2 Å². The maximum atomic E-state index is 5.76. The van der Waals surface area contributed by atoms with E-state index in [-0.39, 0.29) is 24.0 Å². The van der Waals surface area contributed by atoms with Crippen molar-refractivity contribution >= 4 is 35.6 Å². The van der Waals surface area contributed by atoms with Crippen LogP contribution in [-0.2, 0) is 13.1 Å². The number of halogens is 1. The number of nitrogens with zero attached hydrogens (tertiary/aromatic N) is 2. The van der Waals surface area contributed by atoms with Crippen molar-refractivity contribution in [2.24, 2.45) is 4.99 Å². The summed E-state index contributed by atoms with van der Waals surface area (Å²) in [5, 5.41) is 6.78. The summed E-state index contributed by atoms with van der Waals surface area (Å²) in [4.78, 5) is 6.69. The van der Waals surface area contributed by atoms with E-state index in [0.29, 0.717) is 13.2 Å². The highest BCUT2D eigenvalue weighted by Crippen LogP contribution is 2.20. The van der Waals surface area contributed by atoms with Crippen LogP contribution in [0.3, 0.4) is 0 Å². The van der Waals surface area contributed by atoms with Crippen LogP contribution in [0.1, 0.15) is 23.6 Å². The Labute approximate surface area is 191 Å². The molecule has 2 aromatic carbocycles. The van der Waals surface area contributed by atoms with E-state index < -0.39 is 0 Å². The van der Waals surface area contributed by atoms with Crippen LogP contribution in [0.25, 0.3) is 0 Å². The molecule has 0 atom stereocenters. The summed E-state index contributed by atoms with van der Waals surface area (Å²) in [6.07, 6.45) is 4.41. The van der Waals surface area contributed by atoms with Gasteiger partial charge in [0.1, 0.15) is 5.75 Å². The van der Waals surface area contributed by atoms with Gasteiger partial charge in [-0.15, -0.1) is 24.0 Å². The fourth-order valence-corrected chi connectivity index (χ4v) is 3.24. The SMILES string of the molecule is CCOc1cc(C)ccc1CNC(=NC)NCc1cccc(N2CC=CC2)c1.I. The van der Waals surface area contributed by atoms with Crippen molar-refractivity contribution in [3.8, 4) is 5.75 Å². The van der Waals surface area contributed by atoms with Gasteiger partial charge in [-0.3, -0.25) is 4.99 Å². The predicted molar refractivity (Wildman–Crippen MR) is 133 cm³/mol. The summed E-state index contributed by atoms with van der Waals surface area (Å²) in [6, 6.07) is 14.9. The molecule has 0 bridgehead atoms. The van der Waals surface area contributed by atoms with Crippen molar-refractivity contribution in [1.82, 2.24) is 10.6 Å². The first kappa shape index (κ1) is 23.1. The van der Waals surface area contributed by atoms with Gasteiger partial charge in [0.05, 0.1) is 6.61 Å². The van der Waals surface area contributed by atoms with Gasteiger partial charge in [0.25, 0.3) is 0 Å². The molecule has 5 nitrogen and oxygen atoms in total. The van der Waals surface area contributed by atoms with Gasteiger partial charge >= 0.3 is 0 Å². The molecule has 6 heteroatoms. The van der Waals surface area contributed by atoms with Crippen LogP contribution in [0.15, 0.2) is 59.6 Å². The van der Waals surface area contributed by atoms with Crippen LogP contribution in [-0.4, -0.2) is 32.7 Å². The molecule has 1 aliphatic rings. The Hall–Kier alpha value is -2.22. The average Bonchev–Trinajstić information content (AvgIpc) is 3.25. The fraction of sp³-hybridized carbons (Fsp3) is 0.348. The van der Waals surface area contributed by atoms with Crippen LogP contribution in [0.2, 0.25) is 0 Å². The second kappa shape index (κ2) is 11.7. The van der Waals surface area contributed by atoms with Crippen LogP contribution in [0, 0.1) is 6.92 Å². The summed E-state index contributed by atoms with van der Waals surface area (Å²) >= 11 is 0. The molecule has 2 aromatic rings. The van der Waals surface area contributed by atoms with E-state index in [1.807, 2.05) is 6.92 Å². The van der Waals surface area contributed by atoms with Gasteiger partial charge in [-0.25, -0.2) is 0 Å². The summed E-state index contributed by atoms with van der Waals surface area (Å²) in [5.74, 6) is 1.70. The number of nitrogens with one attached hydrogen (secondary N) is 2. The highest BCUT2D eigenvalue weighted by Gasteiger charge is 2.09. The number of hydrogen-bond donors (Lipinski definition) is 2. The summed E-state index contributed by atoms with van der Waals surface area (Å²) in [7, 11) is 1.79. The molecular weight excluding hydrogens is 475 g/mol. The van der Waals surface area contributed by atoms with E-state index in [1.54, 1.807) is 7.05 Å². The van der Waals surface area contributed by atoms with E-state index in [4.69, 9.17) is 4.74 Å². The maximum absolute atomic E-state index is 5.76. The monoisotopic (exact) mass is 506 g/mol. The van der Waals surface area contributed by atoms with E-state index in [1.165, 1.54) is 16.8 Å². The molecule has 0 unspecified atom stereocenters. The first-order valence-electron chi connectivity index (χ1n) is 9.85. The van der Waals surface area contributed by atoms with E-state index in [9.17, 15) is 0 Å². The summed E-state index contributed by atoms with van der Waals surface area (Å²) < 4.78 is 5.76. The van der Waals surface area contributed by atoms with Crippen molar-refractivity contribution in [2.75, 3.05) is 31.6 Å². The Morgan fingerprint density at radius 3 is 2.55 bits per heavy atom. The largest absolute Gasteiger partial charge is 0.494 e. The number of hydrogen-bond acceptors (Lipinski definition) is 3. The molecule has 0 amide bonds. The van der Waals surface area contributed by atoms with Crippen molar-refractivity contribution in [3.05, 3.63) is 71.3 Å². The van der Waals surface area contributed by atoms with E-state index in [0.717, 1.165) is 36.9 Å². The Bertz CT molecular complexity index is 843. The molecule has 0 spiro atoms. The number of benzene rings is 2. The quantitative estimate of drug-likeness (QED) is 0.255. The third kappa shape index (κ3) is 6.66. The van der Waals surface area contributed by atoms with Gasteiger partial charge in [0, 0.05) is 44.5 Å². The zero-order valence-corrected chi connectivity index (χ0v) is 19.8. The molecule has 0 aromatic heterocycles. The van der Waals surface area contributed by atoms with Gasteiger partial charge in [-0.2, -0.15) is 0 Å². The normalized spacial score (nSPS) is 13.2. The molecule has 29 heavy (non-hydrogen) atoms. The summed E-state index contributed by atoms with van der Waals surface area (Å²) in [6.45, 7) is 8.10. The second-order valence-electron chi connectivity index (χ2n) is 6.87. The molecule has 3 rings (SSSR count). The Kier molecular flexibility index (Phi) is 9.31. The third-order valence-electron chi connectivity index (χ3n) is 4.75. The first-order chi connectivity index (χ1) is 13.7. The lowest BCUT2D eigenvalue weighted by molar-refractivity contribution is 0.336. The number of ether oxygens (including phenoxy) is 1. The zero-order valence-electron chi connectivity index (χ0n) is 17.4. The minimum atomic E-state index is 0. The molecule has 0 fully saturated rings. The fourth-order valence-electron chi connectivity index (χ4n) is 3.24. The minimum Gasteiger partial charge on any atom is -0.494 e. The van der Waals surface area contributed by atoms with E-state index in [2.05, 4.69) is 82.1 Å². The molecule has 0 saturated carbocycles. The topological polar surface area (TPSA) is 48.9 Å². The lowest BCUT2D eigenvalue weighted by atomic mass is 10.1. The standard InChI is InChI=1S/C23H30N4O.HI/c1-4-28-22-14-18(2)10-11-20(22)17-26-23(24-3)25-16-19-8-7-9-21(15-19)27-12-5-6-13-27;/h5-11,14-15H,4,12-13,16-17H2,1-3H3,(H2,24,25,26);1H. The first-order valence-corrected chi connectivity index (χ1v) is 9.85. The molecule has 0 radical (unpaired) electrons. The van der Waals surface area contributed by atoms with Crippen LogP contribution in [0.5, 0.6) is 5.75 Å². The Morgan fingerprint density at radius 2 is 1.83 bits per heavy atom. The maximum Gasteiger partial charge on any atom is 0.191 e. The van der Waals surface area contributed by atoms with Gasteiger partial charge < -0.3 is 20.3 Å². The minimum absolute atomic E-state index is 0. The Morgan fingerprint density at radius 1 is 1.07 bits per heavy atom. The molecular formula is C23H31IN4O. The van der Waals surface area contributed by atoms with Crippen molar-refractivity contribution in [2.45, 2.75) is 26.9 Å². The molecule has 0 saturated heterocycles. The predicted octanol–water partition coefficient (Wildman–Crippen LogP) is 4.25. The lowest BCUT2D eigenvalue weighted by Gasteiger charge is -2.19. The number of rotatable bonds is 7. The number of aliphatic imine (C=N–C) groups is 1. The van der Waals surface area contributed by atoms with Crippen LogP contribution < -0.4 is 20.3 Å². The van der Waals surface area contributed by atoms with Crippen molar-refractivity contribution < 1.29 is 4.74 Å². The van der Waals surface area contributed by atoms with Crippen LogP contribution >= 0.6 is 24.0 Å². The van der Waals surface area contributed by atoms with Crippen LogP contribution in [0.4, 0.5) is 5.69 Å². The van der Waals surface area contributed by atoms with Gasteiger partial charge in [0.15, 0.2) is 5.96 Å². The van der Waals surface area contributed by atoms with Gasteiger partial charge in [0.2, 0.25) is 0 Å². The number of guanidine groups is 1. The average molecular weight is 506 g/mol. The second-order valence-corrected chi connectivity index (χ2v) is 6.87. The van der Waals surface area contributed by atoms with E-state index >= 15 is 0 Å². The van der Waals surface area contributed by atoms with Crippen molar-refractivity contribution in [3.63, 3.8) is 0 Å². The number of anilines is 1. The third-order valence-corrected chi connectivity index (χ3v) is 4.75. The lowest BCUT2D eigenvalue weighted by Crippen LogP contribution is -2.36. The summed E-state index contributed by atoms with van der Waals surface area (Å²) in [5.41, 5.74) is 4.81. The smallest absolute Gasteiger partial charge is 0.191 e. The molecule has 0 aliphatic carbocycles. The molecule has 2 N–H and O–H groups in total.